The average Bonchev–Trinajstić information content (AvgIpc) is 2.04. The summed E-state index contributed by atoms with van der Waals surface area (Å²) in [5, 5.41) is 0. The van der Waals surface area contributed by atoms with E-state index in [9.17, 15) is 0 Å². The van der Waals surface area contributed by atoms with Crippen molar-refractivity contribution in [2.45, 2.75) is 38.8 Å². The van der Waals surface area contributed by atoms with E-state index in [2.05, 4.69) is 39.3 Å². The van der Waals surface area contributed by atoms with E-state index in [0.29, 0.717) is 0 Å². The second-order valence-electron chi connectivity index (χ2n) is 4.77. The highest BCUT2D eigenvalue weighted by Crippen LogP contribution is 2.08. The molecule has 0 heterocycles. The van der Waals surface area contributed by atoms with Crippen molar-refractivity contribution in [3.8, 4) is 0 Å². The van der Waals surface area contributed by atoms with Crippen LogP contribution >= 0.6 is 0 Å². The minimum Gasteiger partial charge on any atom is -0.421 e. The lowest BCUT2D eigenvalue weighted by Crippen LogP contribution is -2.26. The van der Waals surface area contributed by atoms with E-state index in [4.69, 9.17) is 8.85 Å². The fraction of sp³-hybridized carbons (Fsp3) is 0.800. The first-order chi connectivity index (χ1) is 6.18. The third kappa shape index (κ3) is 14.6. The monoisotopic (exact) mass is 234 g/mol. The van der Waals surface area contributed by atoms with Crippen LogP contribution in [0.3, 0.4) is 0 Å². The van der Waals surface area contributed by atoms with Crippen LogP contribution in [0.5, 0.6) is 0 Å². The molecule has 0 saturated carbocycles. The molecule has 4 heteroatoms. The summed E-state index contributed by atoms with van der Waals surface area (Å²) in [5.74, 6) is 0. The zero-order valence-electron chi connectivity index (χ0n) is 10.8. The van der Waals surface area contributed by atoms with Gasteiger partial charge in [-0.1, -0.05) is 6.08 Å². The van der Waals surface area contributed by atoms with Crippen molar-refractivity contribution >= 4 is 16.6 Å². The van der Waals surface area contributed by atoms with Crippen molar-refractivity contribution in [3.63, 3.8) is 0 Å². The molecular formula is C10H26O2Si2. The highest BCUT2D eigenvalue weighted by atomic mass is 28.4. The summed E-state index contributed by atoms with van der Waals surface area (Å²) in [6.45, 7) is 14.5. The van der Waals surface area contributed by atoms with Gasteiger partial charge in [0.1, 0.15) is 0 Å². The summed E-state index contributed by atoms with van der Waals surface area (Å²) in [4.78, 5) is 0. The van der Waals surface area contributed by atoms with Crippen LogP contribution in [0.15, 0.2) is 12.7 Å². The van der Waals surface area contributed by atoms with Crippen molar-refractivity contribution < 1.29 is 8.85 Å². The number of rotatable bonds is 4. The average molecular weight is 234 g/mol. The molecule has 0 aromatic carbocycles. The first kappa shape index (κ1) is 16.5. The SMILES string of the molecule is C=CC[Si](C)(C)OC.CO[Si](C)(C)C. The molecule has 0 bridgehead atoms. The molecule has 0 spiro atoms. The molecule has 0 amide bonds. The Hall–Kier alpha value is 0.0938. The molecule has 0 aromatic rings. The highest BCUT2D eigenvalue weighted by Gasteiger charge is 2.16. The van der Waals surface area contributed by atoms with Crippen molar-refractivity contribution in [2.24, 2.45) is 0 Å². The fourth-order valence-corrected chi connectivity index (χ4v) is 1.29. The van der Waals surface area contributed by atoms with Gasteiger partial charge in [-0.2, -0.15) is 0 Å². The largest absolute Gasteiger partial charge is 0.421 e. The predicted octanol–water partition coefficient (Wildman–Crippen LogP) is 3.49. The molecule has 2 nitrogen and oxygen atoms in total. The molecule has 0 radical (unpaired) electrons. The minimum absolute atomic E-state index is 1.05. The molecule has 0 aliphatic rings. The van der Waals surface area contributed by atoms with Gasteiger partial charge in [0.25, 0.3) is 0 Å². The predicted molar refractivity (Wildman–Crippen MR) is 69.9 cm³/mol. The van der Waals surface area contributed by atoms with Crippen LogP contribution in [0.1, 0.15) is 0 Å². The van der Waals surface area contributed by atoms with Crippen molar-refractivity contribution in [3.05, 3.63) is 12.7 Å². The normalized spacial score (nSPS) is 11.6. The van der Waals surface area contributed by atoms with E-state index >= 15 is 0 Å². The molecule has 0 N–H and O–H groups in total. The molecule has 0 saturated heterocycles. The molecule has 0 atom stereocenters. The lowest BCUT2D eigenvalue weighted by molar-refractivity contribution is 0.407. The summed E-state index contributed by atoms with van der Waals surface area (Å²) in [6.07, 6.45) is 1.93. The highest BCUT2D eigenvalue weighted by molar-refractivity contribution is 6.71. The van der Waals surface area contributed by atoms with Gasteiger partial charge in [-0.3, -0.25) is 0 Å². The Bertz CT molecular complexity index is 151. The Morgan fingerprint density at radius 2 is 1.36 bits per heavy atom. The third-order valence-electron chi connectivity index (χ3n) is 1.80. The summed E-state index contributed by atoms with van der Waals surface area (Å²) >= 11 is 0. The lowest BCUT2D eigenvalue weighted by Gasteiger charge is -2.16. The maximum atomic E-state index is 5.25. The van der Waals surface area contributed by atoms with Gasteiger partial charge in [-0.15, -0.1) is 6.58 Å². The van der Waals surface area contributed by atoms with Crippen LogP contribution in [-0.4, -0.2) is 30.9 Å². The molecular weight excluding hydrogens is 208 g/mol. The molecule has 0 unspecified atom stereocenters. The van der Waals surface area contributed by atoms with Crippen LogP contribution in [0, 0.1) is 0 Å². The zero-order valence-corrected chi connectivity index (χ0v) is 12.8. The second kappa shape index (κ2) is 7.39. The zero-order chi connectivity index (χ0) is 11.8. The molecule has 0 aromatic heterocycles. The minimum atomic E-state index is -1.30. The first-order valence-electron chi connectivity index (χ1n) is 4.89. The van der Waals surface area contributed by atoms with Gasteiger partial charge in [0, 0.05) is 14.2 Å². The van der Waals surface area contributed by atoms with Crippen LogP contribution in [0.25, 0.3) is 0 Å². The van der Waals surface area contributed by atoms with Gasteiger partial charge in [0.05, 0.1) is 0 Å². The molecule has 14 heavy (non-hydrogen) atoms. The van der Waals surface area contributed by atoms with Gasteiger partial charge in [-0.05, 0) is 38.8 Å². The van der Waals surface area contributed by atoms with E-state index in [1.165, 1.54) is 0 Å². The molecule has 86 valence electrons. The Morgan fingerprint density at radius 3 is 1.43 bits per heavy atom. The van der Waals surface area contributed by atoms with E-state index in [-0.39, 0.29) is 0 Å². The maximum Gasteiger partial charge on any atom is 0.189 e. The van der Waals surface area contributed by atoms with Gasteiger partial charge >= 0.3 is 0 Å². The Kier molecular flexibility index (Phi) is 8.73. The Labute approximate surface area is 91.6 Å². The maximum absolute atomic E-state index is 5.25. The number of hydrogen-bond acceptors (Lipinski definition) is 2. The summed E-state index contributed by atoms with van der Waals surface area (Å²) in [5.41, 5.74) is 0. The van der Waals surface area contributed by atoms with Crippen LogP contribution in [0.4, 0.5) is 0 Å². The van der Waals surface area contributed by atoms with Crippen molar-refractivity contribution in [1.29, 1.82) is 0 Å². The fourth-order valence-electron chi connectivity index (χ4n) is 0.431. The van der Waals surface area contributed by atoms with Crippen LogP contribution < -0.4 is 0 Å². The quantitative estimate of drug-likeness (QED) is 0.547. The number of hydrogen-bond donors (Lipinski definition) is 0. The lowest BCUT2D eigenvalue weighted by atomic mass is 10.8. The summed E-state index contributed by atoms with van der Waals surface area (Å²) in [7, 11) is 1.12. The molecule has 0 rings (SSSR count). The summed E-state index contributed by atoms with van der Waals surface area (Å²) in [6, 6.07) is 1.05. The molecule has 0 aliphatic carbocycles. The smallest absolute Gasteiger partial charge is 0.189 e. The van der Waals surface area contributed by atoms with Gasteiger partial charge < -0.3 is 8.85 Å². The van der Waals surface area contributed by atoms with Gasteiger partial charge in [0.15, 0.2) is 16.6 Å². The standard InChI is InChI=1S/C6H14OSi.C4H12OSi/c1-5-6-8(3,4)7-2;1-5-6(2,3)4/h5H,1,6H2,2-4H3;1-4H3. The van der Waals surface area contributed by atoms with E-state index in [1.807, 2.05) is 6.08 Å². The Morgan fingerprint density at radius 1 is 1.00 bits per heavy atom. The van der Waals surface area contributed by atoms with E-state index in [0.717, 1.165) is 6.04 Å². The molecule has 0 aliphatic heterocycles. The van der Waals surface area contributed by atoms with E-state index < -0.39 is 16.6 Å². The Balaban J connectivity index is 0. The molecule has 0 fully saturated rings. The summed E-state index contributed by atoms with van der Waals surface area (Å²) < 4.78 is 10.3. The number of allylic oxidation sites excluding steroid dienone is 1. The topological polar surface area (TPSA) is 18.5 Å². The van der Waals surface area contributed by atoms with Crippen LogP contribution in [0.2, 0.25) is 38.8 Å². The third-order valence-corrected chi connectivity index (χ3v) is 5.40. The van der Waals surface area contributed by atoms with E-state index in [1.54, 1.807) is 14.2 Å². The van der Waals surface area contributed by atoms with Crippen molar-refractivity contribution in [1.82, 2.24) is 0 Å². The first-order valence-corrected chi connectivity index (χ1v) is 11.4. The van der Waals surface area contributed by atoms with Gasteiger partial charge in [0.2, 0.25) is 0 Å². The van der Waals surface area contributed by atoms with Crippen molar-refractivity contribution in [2.75, 3.05) is 14.2 Å². The van der Waals surface area contributed by atoms with Gasteiger partial charge in [-0.25, -0.2) is 0 Å². The second-order valence-corrected chi connectivity index (χ2v) is 13.7. The van der Waals surface area contributed by atoms with Crippen LogP contribution in [-0.2, 0) is 8.85 Å².